The zero-order chi connectivity index (χ0) is 20.6. The van der Waals surface area contributed by atoms with Crippen LogP contribution in [-0.2, 0) is 28.5 Å². The van der Waals surface area contributed by atoms with E-state index in [2.05, 4.69) is 4.72 Å². The van der Waals surface area contributed by atoms with E-state index in [1.807, 2.05) is 18.2 Å². The number of fused-ring (bicyclic) bond motifs is 1. The van der Waals surface area contributed by atoms with E-state index < -0.39 is 21.8 Å². The normalized spacial score (nSPS) is 15.6. The van der Waals surface area contributed by atoms with E-state index in [1.54, 1.807) is 24.3 Å². The Morgan fingerprint density at radius 2 is 1.62 bits per heavy atom. The van der Waals surface area contributed by atoms with E-state index in [0.29, 0.717) is 5.75 Å². The summed E-state index contributed by atoms with van der Waals surface area (Å²) in [6.07, 6.45) is -4.44. The average Bonchev–Trinajstić information content (AvgIpc) is 2.67. The van der Waals surface area contributed by atoms with Gasteiger partial charge in [0.05, 0.1) is 11.3 Å². The monoisotopic (exact) mass is 419 g/mol. The topological polar surface area (TPSA) is 55.4 Å². The van der Waals surface area contributed by atoms with Crippen molar-refractivity contribution < 1.29 is 26.3 Å². The molecule has 1 N–H and O–H groups in total. The highest BCUT2D eigenvalue weighted by Crippen LogP contribution is 2.34. The fraction of sp³-hybridized carbons (Fsp3) is 0.143. The van der Waals surface area contributed by atoms with Crippen LogP contribution in [0.1, 0.15) is 16.7 Å². The SMILES string of the molecule is O=S1(=O)Cc2c(cccc2-c2ccc(Oc3cccc(C(F)(F)F)c3)cc2)CN1. The van der Waals surface area contributed by atoms with Crippen molar-refractivity contribution in [2.75, 3.05) is 0 Å². The molecule has 3 aromatic carbocycles. The first-order chi connectivity index (χ1) is 13.7. The molecule has 0 amide bonds. The summed E-state index contributed by atoms with van der Waals surface area (Å²) in [5.74, 6) is 0.370. The van der Waals surface area contributed by atoms with Crippen molar-refractivity contribution >= 4 is 10.0 Å². The molecule has 4 rings (SSSR count). The molecule has 4 nitrogen and oxygen atoms in total. The Bertz CT molecular complexity index is 1160. The molecule has 8 heteroatoms. The Morgan fingerprint density at radius 1 is 0.897 bits per heavy atom. The highest BCUT2D eigenvalue weighted by molar-refractivity contribution is 7.88. The molecule has 1 aliphatic rings. The number of hydrogen-bond acceptors (Lipinski definition) is 3. The first-order valence-electron chi connectivity index (χ1n) is 8.75. The average molecular weight is 419 g/mol. The van der Waals surface area contributed by atoms with Gasteiger partial charge in [0, 0.05) is 6.54 Å². The van der Waals surface area contributed by atoms with Gasteiger partial charge >= 0.3 is 6.18 Å². The Kier molecular flexibility index (Phi) is 4.84. The van der Waals surface area contributed by atoms with Crippen molar-refractivity contribution in [2.24, 2.45) is 0 Å². The second-order valence-corrected chi connectivity index (χ2v) is 8.48. The van der Waals surface area contributed by atoms with Gasteiger partial charge in [-0.1, -0.05) is 36.4 Å². The van der Waals surface area contributed by atoms with Gasteiger partial charge in [-0.3, -0.25) is 0 Å². The van der Waals surface area contributed by atoms with Crippen molar-refractivity contribution in [3.05, 3.63) is 83.4 Å². The van der Waals surface area contributed by atoms with E-state index >= 15 is 0 Å². The van der Waals surface area contributed by atoms with Crippen LogP contribution in [0.15, 0.2) is 66.7 Å². The first kappa shape index (κ1) is 19.5. The molecule has 29 heavy (non-hydrogen) atoms. The van der Waals surface area contributed by atoms with Gasteiger partial charge in [-0.15, -0.1) is 0 Å². The van der Waals surface area contributed by atoms with Gasteiger partial charge in [-0.05, 0) is 52.6 Å². The minimum absolute atomic E-state index is 0.0850. The molecule has 0 fully saturated rings. The number of halogens is 3. The van der Waals surface area contributed by atoms with E-state index in [4.69, 9.17) is 4.74 Å². The molecule has 0 atom stereocenters. The third kappa shape index (κ3) is 4.28. The summed E-state index contributed by atoms with van der Waals surface area (Å²) in [5, 5.41) is 0. The molecule has 150 valence electrons. The summed E-state index contributed by atoms with van der Waals surface area (Å²) in [6.45, 7) is 0.252. The fourth-order valence-corrected chi connectivity index (χ4v) is 4.44. The summed E-state index contributed by atoms with van der Waals surface area (Å²) in [6, 6.07) is 17.1. The van der Waals surface area contributed by atoms with E-state index in [0.717, 1.165) is 34.4 Å². The smallest absolute Gasteiger partial charge is 0.416 e. The molecule has 0 unspecified atom stereocenters. The standard InChI is InChI=1S/C21H16F3NO3S/c22-21(23,24)16-4-2-5-18(11-16)28-17-9-7-14(8-10-17)19-6-1-3-15-12-25-29(26,27)13-20(15)19/h1-11,25H,12-13H2. The lowest BCUT2D eigenvalue weighted by molar-refractivity contribution is -0.137. The van der Waals surface area contributed by atoms with Gasteiger partial charge in [-0.25, -0.2) is 13.1 Å². The van der Waals surface area contributed by atoms with Crippen LogP contribution in [0, 0.1) is 0 Å². The maximum absolute atomic E-state index is 12.8. The number of sulfonamides is 1. The predicted molar refractivity (Wildman–Crippen MR) is 103 cm³/mol. The van der Waals surface area contributed by atoms with Crippen molar-refractivity contribution in [1.29, 1.82) is 0 Å². The third-order valence-electron chi connectivity index (χ3n) is 4.65. The van der Waals surface area contributed by atoms with Crippen molar-refractivity contribution in [3.8, 4) is 22.6 Å². The summed E-state index contributed by atoms with van der Waals surface area (Å²) in [7, 11) is -3.36. The third-order valence-corrected chi connectivity index (χ3v) is 5.91. The van der Waals surface area contributed by atoms with E-state index in [-0.39, 0.29) is 18.0 Å². The first-order valence-corrected chi connectivity index (χ1v) is 10.4. The fourth-order valence-electron chi connectivity index (χ4n) is 3.24. The van der Waals surface area contributed by atoms with Crippen LogP contribution in [0.25, 0.3) is 11.1 Å². The summed E-state index contributed by atoms with van der Waals surface area (Å²) >= 11 is 0. The van der Waals surface area contributed by atoms with Gasteiger partial charge in [0.15, 0.2) is 0 Å². The molecule has 0 aromatic heterocycles. The van der Waals surface area contributed by atoms with Gasteiger partial charge < -0.3 is 4.74 Å². The Labute approximate surface area is 166 Å². The minimum atomic E-state index is -4.44. The van der Waals surface area contributed by atoms with Gasteiger partial charge in [0.25, 0.3) is 0 Å². The lowest BCUT2D eigenvalue weighted by atomic mass is 9.96. The second kappa shape index (κ2) is 7.20. The molecule has 0 saturated heterocycles. The zero-order valence-electron chi connectivity index (χ0n) is 15.0. The molecule has 0 radical (unpaired) electrons. The number of rotatable bonds is 3. The maximum Gasteiger partial charge on any atom is 0.416 e. The highest BCUT2D eigenvalue weighted by Gasteiger charge is 2.30. The van der Waals surface area contributed by atoms with E-state index in [9.17, 15) is 21.6 Å². The summed E-state index contributed by atoms with van der Waals surface area (Å²) in [5.41, 5.74) is 2.49. The Morgan fingerprint density at radius 3 is 2.34 bits per heavy atom. The van der Waals surface area contributed by atoms with Gasteiger partial charge in [0.2, 0.25) is 10.0 Å². The molecular formula is C21H16F3NO3S. The quantitative estimate of drug-likeness (QED) is 0.643. The molecule has 0 aliphatic carbocycles. The predicted octanol–water partition coefficient (Wildman–Crippen LogP) is 5.10. The molecular weight excluding hydrogens is 403 g/mol. The van der Waals surface area contributed by atoms with Gasteiger partial charge in [0.1, 0.15) is 11.5 Å². The molecule has 1 heterocycles. The van der Waals surface area contributed by atoms with Crippen molar-refractivity contribution in [1.82, 2.24) is 4.72 Å². The largest absolute Gasteiger partial charge is 0.457 e. The molecule has 0 saturated carbocycles. The maximum atomic E-state index is 12.8. The van der Waals surface area contributed by atoms with Crippen LogP contribution >= 0.6 is 0 Å². The van der Waals surface area contributed by atoms with Crippen LogP contribution in [-0.4, -0.2) is 8.42 Å². The molecule has 0 spiro atoms. The Hall–Kier alpha value is -2.84. The Balaban J connectivity index is 1.60. The summed E-state index contributed by atoms with van der Waals surface area (Å²) < 4.78 is 70.5. The van der Waals surface area contributed by atoms with Crippen LogP contribution in [0.2, 0.25) is 0 Å². The van der Waals surface area contributed by atoms with Gasteiger partial charge in [-0.2, -0.15) is 13.2 Å². The molecule has 0 bridgehead atoms. The number of hydrogen-bond donors (Lipinski definition) is 1. The lowest BCUT2D eigenvalue weighted by Gasteiger charge is -2.20. The zero-order valence-corrected chi connectivity index (χ0v) is 15.8. The highest BCUT2D eigenvalue weighted by atomic mass is 32.2. The molecule has 1 aliphatic heterocycles. The number of alkyl halides is 3. The van der Waals surface area contributed by atoms with Crippen LogP contribution in [0.5, 0.6) is 11.5 Å². The molecule has 3 aromatic rings. The number of nitrogens with one attached hydrogen (secondary N) is 1. The van der Waals surface area contributed by atoms with Crippen molar-refractivity contribution in [2.45, 2.75) is 18.5 Å². The van der Waals surface area contributed by atoms with Crippen molar-refractivity contribution in [3.63, 3.8) is 0 Å². The van der Waals surface area contributed by atoms with Crippen LogP contribution in [0.3, 0.4) is 0 Å². The van der Waals surface area contributed by atoms with Crippen LogP contribution in [0.4, 0.5) is 13.2 Å². The minimum Gasteiger partial charge on any atom is -0.457 e. The summed E-state index contributed by atoms with van der Waals surface area (Å²) in [4.78, 5) is 0. The second-order valence-electron chi connectivity index (χ2n) is 6.68. The van der Waals surface area contributed by atoms with E-state index in [1.165, 1.54) is 12.1 Å². The lowest BCUT2D eigenvalue weighted by Crippen LogP contribution is -2.30. The number of benzene rings is 3. The number of ether oxygens (including phenoxy) is 1. The van der Waals surface area contributed by atoms with Crippen LogP contribution < -0.4 is 9.46 Å².